The summed E-state index contributed by atoms with van der Waals surface area (Å²) in [7, 11) is 0. The summed E-state index contributed by atoms with van der Waals surface area (Å²) in [6, 6.07) is 13.9. The van der Waals surface area contributed by atoms with Crippen LogP contribution >= 0.6 is 11.5 Å². The molecule has 162 valence electrons. The smallest absolute Gasteiger partial charge is 0.221 e. The quantitative estimate of drug-likeness (QED) is 0.581. The van der Waals surface area contributed by atoms with Gasteiger partial charge < -0.3 is 10.2 Å². The van der Waals surface area contributed by atoms with E-state index in [-0.39, 0.29) is 17.6 Å². The van der Waals surface area contributed by atoms with Crippen LogP contribution in [0.2, 0.25) is 0 Å². The van der Waals surface area contributed by atoms with Gasteiger partial charge in [0.15, 0.2) is 5.78 Å². The third-order valence-electron chi connectivity index (χ3n) is 5.70. The van der Waals surface area contributed by atoms with Crippen LogP contribution in [0.15, 0.2) is 42.5 Å². The third-order valence-corrected chi connectivity index (χ3v) is 6.52. The van der Waals surface area contributed by atoms with Crippen LogP contribution in [0, 0.1) is 0 Å². The molecule has 1 amide bonds. The molecule has 0 bridgehead atoms. The van der Waals surface area contributed by atoms with E-state index in [1.54, 1.807) is 0 Å². The molecule has 4 rings (SSSR count). The number of amides is 1. The van der Waals surface area contributed by atoms with Crippen molar-refractivity contribution in [3.8, 4) is 0 Å². The Kier molecular flexibility index (Phi) is 6.34. The van der Waals surface area contributed by atoms with Gasteiger partial charge in [-0.25, -0.2) is 0 Å². The molecule has 2 aromatic carbocycles. The van der Waals surface area contributed by atoms with Crippen LogP contribution in [0.1, 0.15) is 42.6 Å². The highest BCUT2D eigenvalue weighted by Gasteiger charge is 2.23. The lowest BCUT2D eigenvalue weighted by Crippen LogP contribution is -2.48. The molecule has 1 N–H and O–H groups in total. The van der Waals surface area contributed by atoms with Gasteiger partial charge in [0, 0.05) is 49.7 Å². The molecular formula is C24H28N4O2S. The fourth-order valence-electron chi connectivity index (χ4n) is 4.03. The first-order chi connectivity index (χ1) is 14.9. The van der Waals surface area contributed by atoms with Gasteiger partial charge in [0.25, 0.3) is 0 Å². The molecule has 7 heteroatoms. The highest BCUT2D eigenvalue weighted by atomic mass is 32.1. The SMILES string of the molecule is CC(=O)Nc1ccc(C(=O)CN2CCN(c3nsc4ccccc34)CC2)cc1C(C)C. The maximum absolute atomic E-state index is 13.0. The van der Waals surface area contributed by atoms with Crippen molar-refractivity contribution in [1.29, 1.82) is 0 Å². The van der Waals surface area contributed by atoms with E-state index in [0.29, 0.717) is 12.1 Å². The predicted molar refractivity (Wildman–Crippen MR) is 127 cm³/mol. The molecule has 1 aromatic heterocycles. The van der Waals surface area contributed by atoms with Crippen molar-refractivity contribution in [2.75, 3.05) is 42.9 Å². The normalized spacial score (nSPS) is 14.9. The summed E-state index contributed by atoms with van der Waals surface area (Å²) in [5, 5.41) is 4.07. The number of aromatic nitrogens is 1. The Bertz CT molecular complexity index is 1100. The van der Waals surface area contributed by atoms with Gasteiger partial charge in [0.1, 0.15) is 5.82 Å². The van der Waals surface area contributed by atoms with Crippen molar-refractivity contribution in [2.24, 2.45) is 0 Å². The zero-order valence-electron chi connectivity index (χ0n) is 18.2. The van der Waals surface area contributed by atoms with Gasteiger partial charge in [-0.15, -0.1) is 0 Å². The van der Waals surface area contributed by atoms with E-state index in [2.05, 4.69) is 51.5 Å². The van der Waals surface area contributed by atoms with E-state index in [4.69, 9.17) is 0 Å². The minimum Gasteiger partial charge on any atom is -0.353 e. The summed E-state index contributed by atoms with van der Waals surface area (Å²) >= 11 is 1.54. The molecule has 0 radical (unpaired) electrons. The predicted octanol–water partition coefficient (Wildman–Crippen LogP) is 4.38. The average molecular weight is 437 g/mol. The maximum Gasteiger partial charge on any atom is 0.221 e. The van der Waals surface area contributed by atoms with E-state index in [1.807, 2.05) is 24.3 Å². The molecule has 0 atom stereocenters. The molecule has 1 aliphatic heterocycles. The Morgan fingerprint density at radius 1 is 1.10 bits per heavy atom. The second kappa shape index (κ2) is 9.16. The first-order valence-electron chi connectivity index (χ1n) is 10.7. The molecule has 6 nitrogen and oxygen atoms in total. The number of fused-ring (bicyclic) bond motifs is 1. The van der Waals surface area contributed by atoms with Crippen LogP contribution in [0.4, 0.5) is 11.5 Å². The van der Waals surface area contributed by atoms with Crippen molar-refractivity contribution >= 4 is 44.8 Å². The number of piperazine rings is 1. The van der Waals surface area contributed by atoms with Gasteiger partial charge in [-0.05, 0) is 53.3 Å². The fourth-order valence-corrected chi connectivity index (χ4v) is 4.83. The van der Waals surface area contributed by atoms with Gasteiger partial charge >= 0.3 is 0 Å². The summed E-state index contributed by atoms with van der Waals surface area (Å²) < 4.78 is 5.87. The molecule has 1 saturated heterocycles. The lowest BCUT2D eigenvalue weighted by atomic mass is 9.96. The van der Waals surface area contributed by atoms with Crippen LogP contribution in [-0.2, 0) is 4.79 Å². The van der Waals surface area contributed by atoms with E-state index in [0.717, 1.165) is 43.2 Å². The number of rotatable bonds is 6. The highest BCUT2D eigenvalue weighted by molar-refractivity contribution is 7.13. The number of carbonyl (C=O) groups is 2. The van der Waals surface area contributed by atoms with E-state index in [1.165, 1.54) is 28.5 Å². The topological polar surface area (TPSA) is 65.5 Å². The molecular weight excluding hydrogens is 408 g/mol. The third kappa shape index (κ3) is 4.78. The number of hydrogen-bond donors (Lipinski definition) is 1. The first kappa shape index (κ1) is 21.5. The summed E-state index contributed by atoms with van der Waals surface area (Å²) in [5.41, 5.74) is 2.47. The van der Waals surface area contributed by atoms with Gasteiger partial charge in [-0.1, -0.05) is 26.0 Å². The second-order valence-electron chi connectivity index (χ2n) is 8.33. The molecule has 0 saturated carbocycles. The second-order valence-corrected chi connectivity index (χ2v) is 9.13. The minimum absolute atomic E-state index is 0.105. The van der Waals surface area contributed by atoms with Crippen LogP contribution in [-0.4, -0.2) is 53.7 Å². The molecule has 0 spiro atoms. The van der Waals surface area contributed by atoms with Crippen molar-refractivity contribution in [1.82, 2.24) is 9.27 Å². The Morgan fingerprint density at radius 2 is 1.84 bits per heavy atom. The highest BCUT2D eigenvalue weighted by Crippen LogP contribution is 2.30. The zero-order valence-corrected chi connectivity index (χ0v) is 19.0. The molecule has 1 aliphatic rings. The molecule has 2 heterocycles. The lowest BCUT2D eigenvalue weighted by Gasteiger charge is -2.34. The van der Waals surface area contributed by atoms with Crippen LogP contribution in [0.25, 0.3) is 10.1 Å². The van der Waals surface area contributed by atoms with Gasteiger partial charge in [0.2, 0.25) is 5.91 Å². The monoisotopic (exact) mass is 436 g/mol. The number of ketones is 1. The number of carbonyl (C=O) groups excluding carboxylic acids is 2. The number of nitrogens with zero attached hydrogens (tertiary/aromatic N) is 3. The summed E-state index contributed by atoms with van der Waals surface area (Å²) in [5.74, 6) is 1.28. The van der Waals surface area contributed by atoms with Crippen LogP contribution < -0.4 is 10.2 Å². The molecule has 0 unspecified atom stereocenters. The Balaban J connectivity index is 1.40. The van der Waals surface area contributed by atoms with Gasteiger partial charge in [-0.3, -0.25) is 14.5 Å². The van der Waals surface area contributed by atoms with Crippen molar-refractivity contribution < 1.29 is 9.59 Å². The number of hydrogen-bond acceptors (Lipinski definition) is 6. The van der Waals surface area contributed by atoms with E-state index < -0.39 is 0 Å². The van der Waals surface area contributed by atoms with Crippen LogP contribution in [0.3, 0.4) is 0 Å². The maximum atomic E-state index is 13.0. The standard InChI is InChI=1S/C24H28N4O2S/c1-16(2)20-14-18(8-9-21(20)25-17(3)29)22(30)15-27-10-12-28(13-11-27)24-19-6-4-5-7-23(19)31-26-24/h4-9,14,16H,10-13,15H2,1-3H3,(H,25,29). The van der Waals surface area contributed by atoms with Crippen LogP contribution in [0.5, 0.6) is 0 Å². The summed E-state index contributed by atoms with van der Waals surface area (Å²) in [4.78, 5) is 28.9. The van der Waals surface area contributed by atoms with E-state index in [9.17, 15) is 9.59 Å². The van der Waals surface area contributed by atoms with Crippen molar-refractivity contribution in [2.45, 2.75) is 26.7 Å². The molecule has 3 aromatic rings. The first-order valence-corrected chi connectivity index (χ1v) is 11.5. The molecule has 31 heavy (non-hydrogen) atoms. The van der Waals surface area contributed by atoms with E-state index >= 15 is 0 Å². The average Bonchev–Trinajstić information content (AvgIpc) is 3.18. The van der Waals surface area contributed by atoms with Gasteiger partial charge in [0.05, 0.1) is 11.2 Å². The van der Waals surface area contributed by atoms with Crippen molar-refractivity contribution in [3.05, 3.63) is 53.6 Å². The number of anilines is 2. The Morgan fingerprint density at radius 3 is 2.55 bits per heavy atom. The summed E-state index contributed by atoms with van der Waals surface area (Å²) in [6.45, 7) is 9.42. The summed E-state index contributed by atoms with van der Waals surface area (Å²) in [6.07, 6.45) is 0. The molecule has 0 aliphatic carbocycles. The Labute approximate surface area is 187 Å². The number of nitrogens with one attached hydrogen (secondary N) is 1. The fraction of sp³-hybridized carbons (Fsp3) is 0.375. The van der Waals surface area contributed by atoms with Crippen molar-refractivity contribution in [3.63, 3.8) is 0 Å². The number of Topliss-reactive ketones (excluding diaryl/α,β-unsaturated/α-hetero) is 1. The lowest BCUT2D eigenvalue weighted by molar-refractivity contribution is -0.114. The van der Waals surface area contributed by atoms with Gasteiger partial charge in [-0.2, -0.15) is 4.37 Å². The zero-order chi connectivity index (χ0) is 22.0. The number of benzene rings is 2. The molecule has 1 fully saturated rings. The largest absolute Gasteiger partial charge is 0.353 e. The Hall–Kier alpha value is -2.77. The minimum atomic E-state index is -0.105.